The van der Waals surface area contributed by atoms with E-state index in [9.17, 15) is 20.9 Å². The molecule has 0 saturated carbocycles. The highest BCUT2D eigenvalue weighted by Gasteiger charge is 2.49. The van der Waals surface area contributed by atoms with Crippen molar-refractivity contribution in [2.24, 2.45) is 5.73 Å². The van der Waals surface area contributed by atoms with Crippen LogP contribution >= 0.6 is 11.8 Å². The number of ether oxygens (including phenoxy) is 1. The van der Waals surface area contributed by atoms with Crippen LogP contribution in [-0.4, -0.2) is 17.5 Å². The van der Waals surface area contributed by atoms with Gasteiger partial charge in [0.1, 0.15) is 29.4 Å². The SMILES string of the molecule is Cc1ccc(C2(SCCO)OC(N)=C(C#N)C2=C(C#N)C#N)cc1. The number of aryl methyl sites for hydroxylation is 1. The fourth-order valence-electron chi connectivity index (χ4n) is 2.43. The van der Waals surface area contributed by atoms with Gasteiger partial charge in [0, 0.05) is 11.3 Å². The third kappa shape index (κ3) is 2.81. The molecule has 3 N–H and O–H groups in total. The lowest BCUT2D eigenvalue weighted by Gasteiger charge is -2.30. The Morgan fingerprint density at radius 3 is 2.38 bits per heavy atom. The molecular weight excluding hydrogens is 324 g/mol. The molecule has 2 rings (SSSR count). The zero-order chi connectivity index (χ0) is 17.7. The second-order valence-corrected chi connectivity index (χ2v) is 6.25. The van der Waals surface area contributed by atoms with Crippen molar-refractivity contribution in [1.82, 2.24) is 0 Å². The molecule has 120 valence electrons. The lowest BCUT2D eigenvalue weighted by Crippen LogP contribution is -2.27. The van der Waals surface area contributed by atoms with Gasteiger partial charge in [0.05, 0.1) is 12.2 Å². The summed E-state index contributed by atoms with van der Waals surface area (Å²) < 4.78 is 5.80. The van der Waals surface area contributed by atoms with Crippen molar-refractivity contribution in [2.75, 3.05) is 12.4 Å². The number of aliphatic hydroxyl groups is 1. The van der Waals surface area contributed by atoms with Gasteiger partial charge in [-0.05, 0) is 6.92 Å². The molecule has 1 aliphatic heterocycles. The molecule has 1 aliphatic rings. The van der Waals surface area contributed by atoms with Gasteiger partial charge >= 0.3 is 0 Å². The van der Waals surface area contributed by atoms with E-state index in [1.807, 2.05) is 37.3 Å². The summed E-state index contributed by atoms with van der Waals surface area (Å²) in [4.78, 5) is -1.31. The molecule has 0 aromatic heterocycles. The molecular formula is C17H14N4O2S. The Balaban J connectivity index is 2.78. The monoisotopic (exact) mass is 338 g/mol. The average Bonchev–Trinajstić information content (AvgIpc) is 2.87. The Hall–Kier alpha value is -2.92. The first-order valence-electron chi connectivity index (χ1n) is 7.00. The number of thioether (sulfide) groups is 1. The fraction of sp³-hybridized carbons (Fsp3) is 0.235. The first kappa shape index (κ1) is 17.4. The Bertz CT molecular complexity index is 821. The van der Waals surface area contributed by atoms with Crippen LogP contribution in [0.3, 0.4) is 0 Å². The Morgan fingerprint density at radius 2 is 1.88 bits per heavy atom. The molecule has 7 heteroatoms. The zero-order valence-corrected chi connectivity index (χ0v) is 13.7. The van der Waals surface area contributed by atoms with Crippen molar-refractivity contribution in [2.45, 2.75) is 11.9 Å². The second-order valence-electron chi connectivity index (χ2n) is 4.98. The van der Waals surface area contributed by atoms with Gasteiger partial charge in [-0.15, -0.1) is 11.8 Å². The normalized spacial score (nSPS) is 19.2. The number of nitrogens with two attached hydrogens (primary N) is 1. The zero-order valence-electron chi connectivity index (χ0n) is 12.9. The number of hydrogen-bond acceptors (Lipinski definition) is 7. The predicted octanol–water partition coefficient (Wildman–Crippen LogP) is 1.94. The minimum atomic E-state index is -1.31. The summed E-state index contributed by atoms with van der Waals surface area (Å²) in [7, 11) is 0. The highest BCUT2D eigenvalue weighted by Crippen LogP contribution is 2.53. The van der Waals surface area contributed by atoms with E-state index in [4.69, 9.17) is 10.5 Å². The molecule has 6 nitrogen and oxygen atoms in total. The molecule has 1 aromatic rings. The molecule has 0 spiro atoms. The summed E-state index contributed by atoms with van der Waals surface area (Å²) in [6.45, 7) is 1.79. The van der Waals surface area contributed by atoms with E-state index in [0.29, 0.717) is 5.56 Å². The van der Waals surface area contributed by atoms with Gasteiger partial charge in [-0.3, -0.25) is 0 Å². The molecule has 0 saturated heterocycles. The van der Waals surface area contributed by atoms with Gasteiger partial charge in [-0.1, -0.05) is 29.8 Å². The van der Waals surface area contributed by atoms with E-state index < -0.39 is 4.93 Å². The highest BCUT2D eigenvalue weighted by molar-refractivity contribution is 8.00. The van der Waals surface area contributed by atoms with E-state index in [0.717, 1.165) is 5.56 Å². The Kier molecular flexibility index (Phi) is 5.16. The van der Waals surface area contributed by atoms with Gasteiger partial charge in [-0.2, -0.15) is 15.8 Å². The number of nitrogens with zero attached hydrogens (tertiary/aromatic N) is 3. The van der Waals surface area contributed by atoms with Crippen LogP contribution in [0.1, 0.15) is 11.1 Å². The highest BCUT2D eigenvalue weighted by atomic mass is 32.2. The molecule has 0 fully saturated rings. The van der Waals surface area contributed by atoms with Gasteiger partial charge in [0.2, 0.25) is 10.8 Å². The summed E-state index contributed by atoms with van der Waals surface area (Å²) in [5.41, 5.74) is 7.37. The van der Waals surface area contributed by atoms with E-state index in [1.54, 1.807) is 12.1 Å². The minimum absolute atomic E-state index is 0.0286. The number of benzene rings is 1. The summed E-state index contributed by atoms with van der Waals surface area (Å²) in [5.74, 6) is 0.134. The first-order chi connectivity index (χ1) is 11.5. The maximum Gasteiger partial charge on any atom is 0.211 e. The van der Waals surface area contributed by atoms with Crippen molar-refractivity contribution < 1.29 is 9.84 Å². The maximum absolute atomic E-state index is 9.42. The minimum Gasteiger partial charge on any atom is -0.452 e. The fourth-order valence-corrected chi connectivity index (χ4v) is 3.61. The smallest absolute Gasteiger partial charge is 0.211 e. The van der Waals surface area contributed by atoms with E-state index >= 15 is 0 Å². The summed E-state index contributed by atoms with van der Waals surface area (Å²) >= 11 is 1.18. The van der Waals surface area contributed by atoms with Crippen molar-refractivity contribution in [3.63, 3.8) is 0 Å². The molecule has 0 amide bonds. The molecule has 0 aliphatic carbocycles. The lowest BCUT2D eigenvalue weighted by atomic mass is 9.92. The van der Waals surface area contributed by atoms with Crippen molar-refractivity contribution >= 4 is 11.8 Å². The third-order valence-corrected chi connectivity index (χ3v) is 4.81. The van der Waals surface area contributed by atoms with Gasteiger partial charge < -0.3 is 15.6 Å². The van der Waals surface area contributed by atoms with Gasteiger partial charge in [-0.25, -0.2) is 0 Å². The second kappa shape index (κ2) is 7.10. The number of hydrogen-bond donors (Lipinski definition) is 2. The summed E-state index contributed by atoms with van der Waals surface area (Å²) in [6.07, 6.45) is 0. The first-order valence-corrected chi connectivity index (χ1v) is 7.98. The summed E-state index contributed by atoms with van der Waals surface area (Å²) in [5, 5.41) is 37.3. The van der Waals surface area contributed by atoms with Crippen LogP contribution in [0.4, 0.5) is 0 Å². The number of rotatable bonds is 4. The quantitative estimate of drug-likeness (QED) is 0.803. The van der Waals surface area contributed by atoms with Crippen molar-refractivity contribution in [3.05, 3.63) is 58.0 Å². The standard InChI is InChI=1S/C17H14N4O2S/c1-11-2-4-13(5-3-11)17(24-7-6-22)15(12(8-18)9-19)14(10-20)16(21)23-17/h2-5,22H,6-7,21H2,1H3. The summed E-state index contributed by atoms with van der Waals surface area (Å²) in [6, 6.07) is 12.8. The molecule has 1 atom stereocenters. The average molecular weight is 338 g/mol. The molecule has 1 aromatic carbocycles. The molecule has 1 heterocycles. The molecule has 0 radical (unpaired) electrons. The Labute approximate surface area is 144 Å². The molecule has 0 bridgehead atoms. The van der Waals surface area contributed by atoms with Crippen LogP contribution in [-0.2, 0) is 9.67 Å². The lowest BCUT2D eigenvalue weighted by molar-refractivity contribution is 0.133. The topological polar surface area (TPSA) is 127 Å². The number of aliphatic hydroxyl groups excluding tert-OH is 1. The van der Waals surface area contributed by atoms with E-state index in [1.165, 1.54) is 11.8 Å². The Morgan fingerprint density at radius 1 is 1.25 bits per heavy atom. The van der Waals surface area contributed by atoms with Crippen LogP contribution in [0.2, 0.25) is 0 Å². The number of nitriles is 3. The number of allylic oxidation sites excluding steroid dienone is 1. The predicted molar refractivity (Wildman–Crippen MR) is 88.6 cm³/mol. The van der Waals surface area contributed by atoms with Crippen LogP contribution in [0.25, 0.3) is 0 Å². The third-order valence-electron chi connectivity index (χ3n) is 3.49. The largest absolute Gasteiger partial charge is 0.452 e. The van der Waals surface area contributed by atoms with Crippen molar-refractivity contribution in [1.29, 1.82) is 15.8 Å². The van der Waals surface area contributed by atoms with Gasteiger partial charge in [0.25, 0.3) is 0 Å². The molecule has 1 unspecified atom stereocenters. The van der Waals surface area contributed by atoms with Crippen molar-refractivity contribution in [3.8, 4) is 18.2 Å². The van der Waals surface area contributed by atoms with Gasteiger partial charge in [0.15, 0.2) is 0 Å². The van der Waals surface area contributed by atoms with Crippen LogP contribution in [0.15, 0.2) is 46.9 Å². The van der Waals surface area contributed by atoms with E-state index in [2.05, 4.69) is 0 Å². The van der Waals surface area contributed by atoms with Crippen LogP contribution in [0, 0.1) is 40.9 Å². The molecule has 24 heavy (non-hydrogen) atoms. The maximum atomic E-state index is 9.42. The van der Waals surface area contributed by atoms with E-state index in [-0.39, 0.29) is 35.0 Å². The van der Waals surface area contributed by atoms with Crippen LogP contribution < -0.4 is 5.73 Å². The van der Waals surface area contributed by atoms with Crippen LogP contribution in [0.5, 0.6) is 0 Å².